The molecule has 0 aliphatic carbocycles. The van der Waals surface area contributed by atoms with E-state index in [0.717, 1.165) is 36.0 Å². The zero-order valence-electron chi connectivity index (χ0n) is 19.1. The van der Waals surface area contributed by atoms with Crippen molar-refractivity contribution < 1.29 is 14.3 Å². The van der Waals surface area contributed by atoms with E-state index >= 15 is 0 Å². The van der Waals surface area contributed by atoms with E-state index in [2.05, 4.69) is 26.5 Å². The molecule has 0 radical (unpaired) electrons. The molecule has 4 rings (SSSR count). The summed E-state index contributed by atoms with van der Waals surface area (Å²) in [6.07, 6.45) is 8.56. The highest BCUT2D eigenvalue weighted by Gasteiger charge is 2.26. The number of methoxy groups -OCH3 is 1. The van der Waals surface area contributed by atoms with Gasteiger partial charge in [-0.1, -0.05) is 0 Å². The summed E-state index contributed by atoms with van der Waals surface area (Å²) in [5.74, 6) is 0.818. The van der Waals surface area contributed by atoms with Crippen LogP contribution < -0.4 is 10.2 Å². The Morgan fingerprint density at radius 2 is 2.21 bits per heavy atom. The van der Waals surface area contributed by atoms with E-state index in [1.54, 1.807) is 24.1 Å². The van der Waals surface area contributed by atoms with Crippen LogP contribution in [-0.4, -0.2) is 52.3 Å². The van der Waals surface area contributed by atoms with Crippen LogP contribution in [0.2, 0.25) is 0 Å². The Labute approximate surface area is 197 Å². The predicted octanol–water partition coefficient (Wildman–Crippen LogP) is 3.12. The number of aryl methyl sites for hydroxylation is 3. The number of ether oxygens (including phenoxy) is 1. The van der Waals surface area contributed by atoms with Crippen LogP contribution in [0.1, 0.15) is 40.0 Å². The third-order valence-electron chi connectivity index (χ3n) is 5.70. The number of hydrogen-bond donors (Lipinski definition) is 1. The standard InChI is InChI=1S/C24H25N7O3/c1-30-14-19(13-27-30)20-9-17-5-3-7-31(23(17)28-21(20)15-32)24(33)29-22-10-16(6-4-8-34-2)18(11-25)12-26-22/h9-10,12-15H,3-8H2,1-2H3,(H,26,29,33). The number of pyridine rings is 2. The highest BCUT2D eigenvalue weighted by molar-refractivity contribution is 6.02. The number of nitrogens with one attached hydrogen (secondary N) is 1. The van der Waals surface area contributed by atoms with Gasteiger partial charge in [0.25, 0.3) is 0 Å². The van der Waals surface area contributed by atoms with E-state index < -0.39 is 0 Å². The first-order valence-electron chi connectivity index (χ1n) is 11.0. The molecule has 3 aromatic heterocycles. The van der Waals surface area contributed by atoms with Crippen LogP contribution in [0.15, 0.2) is 30.7 Å². The molecular weight excluding hydrogens is 434 g/mol. The normalized spacial score (nSPS) is 12.7. The molecule has 4 heterocycles. The van der Waals surface area contributed by atoms with E-state index in [4.69, 9.17) is 4.74 Å². The predicted molar refractivity (Wildman–Crippen MR) is 126 cm³/mol. The summed E-state index contributed by atoms with van der Waals surface area (Å²) in [6, 6.07) is 5.38. The molecule has 0 saturated heterocycles. The molecule has 0 saturated carbocycles. The number of nitrogens with zero attached hydrogens (tertiary/aromatic N) is 6. The minimum Gasteiger partial charge on any atom is -0.385 e. The molecule has 174 valence electrons. The first-order chi connectivity index (χ1) is 16.5. The van der Waals surface area contributed by atoms with Crippen molar-refractivity contribution in [2.24, 2.45) is 7.05 Å². The molecule has 0 atom stereocenters. The lowest BCUT2D eigenvalue weighted by Gasteiger charge is -2.29. The maximum Gasteiger partial charge on any atom is 0.328 e. The van der Waals surface area contributed by atoms with Gasteiger partial charge in [-0.05, 0) is 48.9 Å². The Hall–Kier alpha value is -4.10. The smallest absolute Gasteiger partial charge is 0.328 e. The van der Waals surface area contributed by atoms with Gasteiger partial charge in [-0.25, -0.2) is 14.8 Å². The number of anilines is 2. The van der Waals surface area contributed by atoms with Crippen molar-refractivity contribution in [3.63, 3.8) is 0 Å². The van der Waals surface area contributed by atoms with Crippen molar-refractivity contribution >= 4 is 24.0 Å². The number of rotatable bonds is 7. The average molecular weight is 460 g/mol. The molecule has 10 heteroatoms. The van der Waals surface area contributed by atoms with Gasteiger partial charge in [0.05, 0.1) is 11.8 Å². The highest BCUT2D eigenvalue weighted by atomic mass is 16.5. The molecule has 0 fully saturated rings. The Kier molecular flexibility index (Phi) is 6.94. The van der Waals surface area contributed by atoms with Crippen molar-refractivity contribution in [2.45, 2.75) is 25.7 Å². The molecule has 1 N–H and O–H groups in total. The highest BCUT2D eigenvalue weighted by Crippen LogP contribution is 2.32. The third-order valence-corrected chi connectivity index (χ3v) is 5.70. The maximum atomic E-state index is 13.2. The molecule has 10 nitrogen and oxygen atoms in total. The summed E-state index contributed by atoms with van der Waals surface area (Å²) in [4.78, 5) is 35.3. The molecule has 0 spiro atoms. The number of carbonyl (C=O) groups is 2. The zero-order valence-corrected chi connectivity index (χ0v) is 19.1. The first-order valence-corrected chi connectivity index (χ1v) is 11.0. The second-order valence-corrected chi connectivity index (χ2v) is 8.04. The van der Waals surface area contributed by atoms with Crippen molar-refractivity contribution in [2.75, 3.05) is 30.5 Å². The van der Waals surface area contributed by atoms with Crippen molar-refractivity contribution in [1.29, 1.82) is 5.26 Å². The molecule has 1 aliphatic rings. The topological polar surface area (TPSA) is 126 Å². The van der Waals surface area contributed by atoms with Crippen molar-refractivity contribution in [1.82, 2.24) is 19.7 Å². The lowest BCUT2D eigenvalue weighted by molar-refractivity contribution is 0.111. The van der Waals surface area contributed by atoms with E-state index in [1.165, 1.54) is 11.1 Å². The van der Waals surface area contributed by atoms with Crippen molar-refractivity contribution in [3.05, 3.63) is 53.1 Å². The Morgan fingerprint density at radius 1 is 1.35 bits per heavy atom. The van der Waals surface area contributed by atoms with Crippen LogP contribution in [0, 0.1) is 11.3 Å². The maximum absolute atomic E-state index is 13.2. The summed E-state index contributed by atoms with van der Waals surface area (Å²) in [5.41, 5.74) is 3.90. The first kappa shape index (κ1) is 23.1. The largest absolute Gasteiger partial charge is 0.385 e. The van der Waals surface area contributed by atoms with Gasteiger partial charge in [0, 0.05) is 50.8 Å². The van der Waals surface area contributed by atoms with Crippen LogP contribution in [0.5, 0.6) is 0 Å². The summed E-state index contributed by atoms with van der Waals surface area (Å²) >= 11 is 0. The fourth-order valence-corrected chi connectivity index (χ4v) is 4.05. The minimum absolute atomic E-state index is 0.253. The number of nitriles is 1. The molecule has 34 heavy (non-hydrogen) atoms. The van der Waals surface area contributed by atoms with Gasteiger partial charge < -0.3 is 4.74 Å². The number of aldehydes is 1. The quantitative estimate of drug-likeness (QED) is 0.425. The van der Waals surface area contributed by atoms with E-state index in [9.17, 15) is 14.9 Å². The molecule has 2 amide bonds. The van der Waals surface area contributed by atoms with Crippen LogP contribution in [0.25, 0.3) is 11.1 Å². The monoisotopic (exact) mass is 459 g/mol. The molecule has 0 bridgehead atoms. The SMILES string of the molecule is COCCCc1cc(NC(=O)N2CCCc3cc(-c4cnn(C)c4)c(C=O)nc32)ncc1C#N. The van der Waals surface area contributed by atoms with E-state index in [0.29, 0.717) is 48.6 Å². The average Bonchev–Trinajstić information content (AvgIpc) is 3.29. The second-order valence-electron chi connectivity index (χ2n) is 8.04. The van der Waals surface area contributed by atoms with Gasteiger partial charge in [0.2, 0.25) is 0 Å². The van der Waals surface area contributed by atoms with Crippen molar-refractivity contribution in [3.8, 4) is 17.2 Å². The number of amides is 2. The lowest BCUT2D eigenvalue weighted by Crippen LogP contribution is -2.39. The van der Waals surface area contributed by atoms with E-state index in [1.807, 2.05) is 19.3 Å². The summed E-state index contributed by atoms with van der Waals surface area (Å²) in [5, 5.41) is 16.4. The fourth-order valence-electron chi connectivity index (χ4n) is 4.05. The Balaban J connectivity index is 1.60. The van der Waals surface area contributed by atoms with Crippen LogP contribution >= 0.6 is 0 Å². The van der Waals surface area contributed by atoms with Gasteiger partial charge in [0.15, 0.2) is 6.29 Å². The van der Waals surface area contributed by atoms with E-state index in [-0.39, 0.29) is 11.7 Å². The third kappa shape index (κ3) is 4.79. The summed E-state index contributed by atoms with van der Waals surface area (Å²) in [6.45, 7) is 1.04. The number of urea groups is 1. The van der Waals surface area contributed by atoms with Crippen LogP contribution in [-0.2, 0) is 24.6 Å². The number of carbonyl (C=O) groups excluding carboxylic acids is 2. The molecule has 1 aliphatic heterocycles. The second kappa shape index (κ2) is 10.2. The Morgan fingerprint density at radius 3 is 2.91 bits per heavy atom. The summed E-state index contributed by atoms with van der Waals surface area (Å²) < 4.78 is 6.75. The van der Waals surface area contributed by atoms with Gasteiger partial charge >= 0.3 is 6.03 Å². The molecule has 0 aromatic carbocycles. The number of hydrogen-bond acceptors (Lipinski definition) is 7. The zero-order chi connectivity index (χ0) is 24.1. The van der Waals surface area contributed by atoms with Gasteiger partial charge in [0.1, 0.15) is 23.4 Å². The number of fused-ring (bicyclic) bond motifs is 1. The van der Waals surface area contributed by atoms with Gasteiger partial charge in [-0.3, -0.25) is 19.7 Å². The lowest BCUT2D eigenvalue weighted by atomic mass is 9.99. The minimum atomic E-state index is -0.389. The molecular formula is C24H25N7O3. The van der Waals surface area contributed by atoms with Gasteiger partial charge in [-0.2, -0.15) is 10.4 Å². The number of aromatic nitrogens is 4. The molecule has 3 aromatic rings. The van der Waals surface area contributed by atoms with Gasteiger partial charge in [-0.15, -0.1) is 0 Å². The van der Waals surface area contributed by atoms with Crippen LogP contribution in [0.3, 0.4) is 0 Å². The summed E-state index contributed by atoms with van der Waals surface area (Å²) in [7, 11) is 3.44. The van der Waals surface area contributed by atoms with Crippen LogP contribution in [0.4, 0.5) is 16.4 Å². The Bertz CT molecular complexity index is 1260. The fraction of sp³-hybridized carbons (Fsp3) is 0.333. The molecule has 0 unspecified atom stereocenters.